The van der Waals surface area contributed by atoms with Gasteiger partial charge in [-0.05, 0) is 45.0 Å². The maximum Gasteiger partial charge on any atom is 0.410 e. The Kier molecular flexibility index (Phi) is 6.68. The number of hydrogen-bond acceptors (Lipinski definition) is 6. The molecule has 4 heterocycles. The first-order valence-electron chi connectivity index (χ1n) is 12.2. The Morgan fingerprint density at radius 1 is 1.03 bits per heavy atom. The van der Waals surface area contributed by atoms with E-state index in [1.165, 1.54) is 0 Å². The number of carbonyl (C=O) groups excluding carboxylic acids is 2. The lowest BCUT2D eigenvalue weighted by Gasteiger charge is -2.53. The first-order chi connectivity index (χ1) is 17.6. The lowest BCUT2D eigenvalue weighted by molar-refractivity contribution is -0.189. The molecular formula is C27H30ClN5O4. The summed E-state index contributed by atoms with van der Waals surface area (Å²) in [4.78, 5) is 38.0. The van der Waals surface area contributed by atoms with Gasteiger partial charge in [0.1, 0.15) is 17.7 Å². The number of likely N-dealkylation sites (tertiary alicyclic amines) is 1. The molecule has 0 bridgehead atoms. The van der Waals surface area contributed by atoms with E-state index in [9.17, 15) is 9.59 Å². The molecule has 1 spiro atoms. The zero-order chi connectivity index (χ0) is 26.2. The summed E-state index contributed by atoms with van der Waals surface area (Å²) in [6.07, 6.45) is 4.77. The highest BCUT2D eigenvalue weighted by molar-refractivity contribution is 6.30. The second kappa shape index (κ2) is 9.79. The molecule has 10 heteroatoms. The molecular weight excluding hydrogens is 494 g/mol. The minimum Gasteiger partial charge on any atom is -0.444 e. The van der Waals surface area contributed by atoms with Gasteiger partial charge in [-0.25, -0.2) is 9.78 Å². The monoisotopic (exact) mass is 523 g/mol. The van der Waals surface area contributed by atoms with Crippen LogP contribution in [-0.2, 0) is 20.8 Å². The third-order valence-corrected chi connectivity index (χ3v) is 6.68. The fourth-order valence-electron chi connectivity index (χ4n) is 4.72. The number of aromatic nitrogens is 3. The van der Waals surface area contributed by atoms with Crippen molar-refractivity contribution < 1.29 is 19.1 Å². The number of benzene rings is 1. The van der Waals surface area contributed by atoms with E-state index in [0.717, 1.165) is 22.5 Å². The third-order valence-electron chi connectivity index (χ3n) is 6.43. The Morgan fingerprint density at radius 3 is 2.38 bits per heavy atom. The quantitative estimate of drug-likeness (QED) is 0.511. The lowest BCUT2D eigenvalue weighted by Crippen LogP contribution is -2.71. The van der Waals surface area contributed by atoms with Crippen molar-refractivity contribution in [3.05, 3.63) is 60.1 Å². The van der Waals surface area contributed by atoms with Crippen LogP contribution in [0.1, 0.15) is 20.8 Å². The van der Waals surface area contributed by atoms with Crippen molar-refractivity contribution in [3.63, 3.8) is 0 Å². The van der Waals surface area contributed by atoms with Gasteiger partial charge in [0.05, 0.1) is 44.0 Å². The number of nitrogens with zero attached hydrogens (tertiary/aromatic N) is 5. The van der Waals surface area contributed by atoms with Crippen molar-refractivity contribution in [2.45, 2.75) is 38.5 Å². The molecule has 0 unspecified atom stereocenters. The molecule has 3 aromatic rings. The zero-order valence-corrected chi connectivity index (χ0v) is 21.9. The first kappa shape index (κ1) is 25.2. The van der Waals surface area contributed by atoms with Crippen LogP contribution in [0.5, 0.6) is 0 Å². The summed E-state index contributed by atoms with van der Waals surface area (Å²) in [5.41, 5.74) is 2.30. The van der Waals surface area contributed by atoms with E-state index in [0.29, 0.717) is 37.8 Å². The van der Waals surface area contributed by atoms with E-state index in [1.807, 2.05) is 61.7 Å². The van der Waals surface area contributed by atoms with Gasteiger partial charge in [0.15, 0.2) is 0 Å². The Bertz CT molecular complexity index is 1280. The Balaban J connectivity index is 1.30. The summed E-state index contributed by atoms with van der Waals surface area (Å²) in [6, 6.07) is 11.3. The fourth-order valence-corrected chi connectivity index (χ4v) is 4.85. The second-order valence-electron chi connectivity index (χ2n) is 10.5. The molecule has 5 rings (SSSR count). The summed E-state index contributed by atoms with van der Waals surface area (Å²) < 4.78 is 13.4. The minimum atomic E-state index is -0.563. The number of hydrogen-bond donors (Lipinski definition) is 0. The Morgan fingerprint density at radius 2 is 1.70 bits per heavy atom. The highest BCUT2D eigenvalue weighted by Crippen LogP contribution is 2.33. The standard InChI is InChI=1S/C27H30ClN5O4/c1-26(2,3)37-25(35)31-12-13-36-27(15-31)16-33(17-27)22(34)14-32-18-30-23(19-4-6-21(28)7-5-19)24(32)20-8-10-29-11-9-20/h4-11,18H,12-17H2,1-3H3. The second-order valence-corrected chi connectivity index (χ2v) is 10.9. The van der Waals surface area contributed by atoms with Crippen LogP contribution in [-0.4, -0.2) is 80.3 Å². The zero-order valence-electron chi connectivity index (χ0n) is 21.2. The molecule has 0 saturated carbocycles. The minimum absolute atomic E-state index is 0.0426. The number of imidazole rings is 1. The molecule has 0 atom stereocenters. The molecule has 0 aliphatic carbocycles. The van der Waals surface area contributed by atoms with Gasteiger partial charge < -0.3 is 23.8 Å². The number of ether oxygens (including phenoxy) is 2. The first-order valence-corrected chi connectivity index (χ1v) is 12.6. The molecule has 1 aromatic carbocycles. The third kappa shape index (κ3) is 5.47. The predicted molar refractivity (Wildman–Crippen MR) is 139 cm³/mol. The van der Waals surface area contributed by atoms with Crippen LogP contribution < -0.4 is 0 Å². The molecule has 2 aromatic heterocycles. The normalized spacial score (nSPS) is 17.0. The largest absolute Gasteiger partial charge is 0.444 e. The molecule has 2 aliphatic heterocycles. The molecule has 194 valence electrons. The summed E-state index contributed by atoms with van der Waals surface area (Å²) in [6.45, 7) is 7.81. The molecule has 2 fully saturated rings. The molecule has 0 radical (unpaired) electrons. The lowest BCUT2D eigenvalue weighted by atomic mass is 9.91. The smallest absolute Gasteiger partial charge is 0.410 e. The summed E-state index contributed by atoms with van der Waals surface area (Å²) in [7, 11) is 0. The summed E-state index contributed by atoms with van der Waals surface area (Å²) >= 11 is 6.08. The summed E-state index contributed by atoms with van der Waals surface area (Å²) in [5, 5.41) is 0.644. The molecule has 2 saturated heterocycles. The van der Waals surface area contributed by atoms with Crippen LogP contribution in [0.4, 0.5) is 4.79 Å². The number of pyridine rings is 1. The van der Waals surface area contributed by atoms with Crippen LogP contribution in [0.3, 0.4) is 0 Å². The van der Waals surface area contributed by atoms with Gasteiger partial charge in [-0.2, -0.15) is 0 Å². The summed E-state index contributed by atoms with van der Waals surface area (Å²) in [5.74, 6) is -0.0426. The SMILES string of the molecule is CC(C)(C)OC(=O)N1CCOC2(CN(C(=O)Cn3cnc(-c4ccc(Cl)cc4)c3-c3ccncc3)C2)C1. The van der Waals surface area contributed by atoms with Gasteiger partial charge in [-0.15, -0.1) is 0 Å². The van der Waals surface area contributed by atoms with E-state index in [4.69, 9.17) is 21.1 Å². The Labute approximate surface area is 221 Å². The van der Waals surface area contributed by atoms with Crippen LogP contribution in [0, 0.1) is 0 Å². The van der Waals surface area contributed by atoms with Gasteiger partial charge in [-0.3, -0.25) is 9.78 Å². The van der Waals surface area contributed by atoms with Gasteiger partial charge in [-0.1, -0.05) is 23.7 Å². The highest BCUT2D eigenvalue weighted by atomic mass is 35.5. The van der Waals surface area contributed by atoms with Crippen molar-refractivity contribution in [1.82, 2.24) is 24.3 Å². The number of carbonyl (C=O) groups is 2. The van der Waals surface area contributed by atoms with Crippen LogP contribution in [0.2, 0.25) is 5.02 Å². The molecule has 2 aliphatic rings. The molecule has 9 nitrogen and oxygen atoms in total. The molecule has 0 N–H and O–H groups in total. The van der Waals surface area contributed by atoms with E-state index >= 15 is 0 Å². The van der Waals surface area contributed by atoms with Gasteiger partial charge in [0, 0.05) is 35.1 Å². The molecule has 2 amide bonds. The van der Waals surface area contributed by atoms with Crippen molar-refractivity contribution in [3.8, 4) is 22.5 Å². The maximum atomic E-state index is 13.3. The van der Waals surface area contributed by atoms with E-state index in [1.54, 1.807) is 28.5 Å². The van der Waals surface area contributed by atoms with Crippen molar-refractivity contribution in [2.24, 2.45) is 0 Å². The number of morpholine rings is 1. The highest BCUT2D eigenvalue weighted by Gasteiger charge is 2.50. The van der Waals surface area contributed by atoms with Crippen molar-refractivity contribution in [1.29, 1.82) is 0 Å². The van der Waals surface area contributed by atoms with Gasteiger partial charge >= 0.3 is 6.09 Å². The van der Waals surface area contributed by atoms with E-state index in [2.05, 4.69) is 9.97 Å². The van der Waals surface area contributed by atoms with Crippen LogP contribution in [0.15, 0.2) is 55.1 Å². The van der Waals surface area contributed by atoms with E-state index < -0.39 is 11.2 Å². The average Bonchev–Trinajstić information content (AvgIpc) is 3.25. The van der Waals surface area contributed by atoms with Gasteiger partial charge in [0.25, 0.3) is 0 Å². The Hall–Kier alpha value is -3.43. The van der Waals surface area contributed by atoms with Crippen molar-refractivity contribution >= 4 is 23.6 Å². The molecule has 37 heavy (non-hydrogen) atoms. The van der Waals surface area contributed by atoms with Crippen molar-refractivity contribution in [2.75, 3.05) is 32.8 Å². The van der Waals surface area contributed by atoms with Crippen LogP contribution >= 0.6 is 11.6 Å². The number of amides is 2. The predicted octanol–water partition coefficient (Wildman–Crippen LogP) is 4.11. The average molecular weight is 524 g/mol. The number of halogens is 1. The fraction of sp³-hybridized carbons (Fsp3) is 0.407. The topological polar surface area (TPSA) is 89.8 Å². The van der Waals surface area contributed by atoms with Crippen LogP contribution in [0.25, 0.3) is 22.5 Å². The van der Waals surface area contributed by atoms with E-state index in [-0.39, 0.29) is 18.5 Å². The maximum absolute atomic E-state index is 13.3. The van der Waals surface area contributed by atoms with Gasteiger partial charge in [0.2, 0.25) is 5.91 Å². The number of rotatable bonds is 4.